The zero-order chi connectivity index (χ0) is 15.5. The second-order valence-corrected chi connectivity index (χ2v) is 9.32. The van der Waals surface area contributed by atoms with Gasteiger partial charge in [0.2, 0.25) is 5.91 Å². The van der Waals surface area contributed by atoms with Crippen LogP contribution in [0.5, 0.6) is 0 Å². The van der Waals surface area contributed by atoms with Gasteiger partial charge in [0.05, 0.1) is 9.83 Å². The average molecular weight is 383 g/mol. The number of thiophene rings is 1. The average Bonchev–Trinajstić information content (AvgIpc) is 2.66. The smallest absolute Gasteiger partial charge is 0.250 e. The molecule has 1 heterocycles. The fraction of sp³-hybridized carbons (Fsp3) is 0.583. The lowest BCUT2D eigenvalue weighted by Gasteiger charge is -2.14. The third-order valence-electron chi connectivity index (χ3n) is 2.51. The minimum atomic E-state index is -3.67. The Morgan fingerprint density at radius 3 is 2.45 bits per heavy atom. The standard InChI is InChI=1S/C12H19BrN2O3S2/c1-7(2)6-14-12(16)9(4)15-20(17,18)10-5-8(3)11(13)19-10/h5,7,9,15H,6H2,1-4H3,(H,14,16). The summed E-state index contributed by atoms with van der Waals surface area (Å²) in [5, 5.41) is 2.70. The highest BCUT2D eigenvalue weighted by Crippen LogP contribution is 2.30. The summed E-state index contributed by atoms with van der Waals surface area (Å²) in [5.41, 5.74) is 0.854. The number of aryl methyl sites for hydroxylation is 1. The van der Waals surface area contributed by atoms with Crippen molar-refractivity contribution < 1.29 is 13.2 Å². The molecule has 1 rings (SSSR count). The Labute approximate surface area is 132 Å². The topological polar surface area (TPSA) is 75.3 Å². The molecule has 2 N–H and O–H groups in total. The molecular weight excluding hydrogens is 364 g/mol. The highest BCUT2D eigenvalue weighted by Gasteiger charge is 2.24. The van der Waals surface area contributed by atoms with Crippen LogP contribution in [0.15, 0.2) is 14.1 Å². The van der Waals surface area contributed by atoms with Crippen molar-refractivity contribution in [2.45, 2.75) is 37.9 Å². The molecule has 1 unspecified atom stereocenters. The lowest BCUT2D eigenvalue weighted by Crippen LogP contribution is -2.45. The molecule has 1 amide bonds. The van der Waals surface area contributed by atoms with E-state index in [4.69, 9.17) is 0 Å². The van der Waals surface area contributed by atoms with Gasteiger partial charge >= 0.3 is 0 Å². The second-order valence-electron chi connectivity index (χ2n) is 5.00. The second kappa shape index (κ2) is 7.02. The molecular formula is C12H19BrN2O3S2. The number of amides is 1. The van der Waals surface area contributed by atoms with Crippen LogP contribution < -0.4 is 10.0 Å². The van der Waals surface area contributed by atoms with Crippen molar-refractivity contribution in [3.05, 3.63) is 15.4 Å². The predicted molar refractivity (Wildman–Crippen MR) is 84.4 cm³/mol. The van der Waals surface area contributed by atoms with Gasteiger partial charge in [-0.1, -0.05) is 13.8 Å². The van der Waals surface area contributed by atoms with Gasteiger partial charge in [0, 0.05) is 6.54 Å². The zero-order valence-electron chi connectivity index (χ0n) is 11.9. The quantitative estimate of drug-likeness (QED) is 0.791. The summed E-state index contributed by atoms with van der Waals surface area (Å²) < 4.78 is 27.7. The summed E-state index contributed by atoms with van der Waals surface area (Å²) in [5.74, 6) is -0.00623. The van der Waals surface area contributed by atoms with Crippen molar-refractivity contribution in [2.75, 3.05) is 6.54 Å². The van der Waals surface area contributed by atoms with E-state index in [1.165, 1.54) is 6.92 Å². The van der Waals surface area contributed by atoms with Crippen molar-refractivity contribution in [3.63, 3.8) is 0 Å². The minimum absolute atomic E-state index is 0.199. The molecule has 0 bridgehead atoms. The van der Waals surface area contributed by atoms with Gasteiger partial charge in [-0.05, 0) is 47.3 Å². The van der Waals surface area contributed by atoms with Crippen molar-refractivity contribution in [2.24, 2.45) is 5.92 Å². The Morgan fingerprint density at radius 1 is 1.40 bits per heavy atom. The highest BCUT2D eigenvalue weighted by molar-refractivity contribution is 9.11. The molecule has 0 aliphatic rings. The first-order chi connectivity index (χ1) is 9.13. The molecule has 0 saturated carbocycles. The van der Waals surface area contributed by atoms with Crippen LogP contribution in [0, 0.1) is 12.8 Å². The van der Waals surface area contributed by atoms with Gasteiger partial charge in [-0.2, -0.15) is 4.72 Å². The van der Waals surface area contributed by atoms with Gasteiger partial charge in [0.15, 0.2) is 0 Å². The third kappa shape index (κ3) is 4.83. The van der Waals surface area contributed by atoms with E-state index in [9.17, 15) is 13.2 Å². The first kappa shape index (κ1) is 17.6. The predicted octanol–water partition coefficient (Wildman–Crippen LogP) is 2.26. The molecule has 0 fully saturated rings. The number of carbonyl (C=O) groups is 1. The molecule has 1 atom stereocenters. The number of rotatable bonds is 6. The van der Waals surface area contributed by atoms with Crippen molar-refractivity contribution in [1.29, 1.82) is 0 Å². The molecule has 0 aromatic carbocycles. The lowest BCUT2D eigenvalue weighted by molar-refractivity contribution is -0.122. The van der Waals surface area contributed by atoms with E-state index in [2.05, 4.69) is 26.0 Å². The molecule has 1 aromatic rings. The van der Waals surface area contributed by atoms with Crippen LogP contribution >= 0.6 is 27.3 Å². The molecule has 8 heteroatoms. The minimum Gasteiger partial charge on any atom is -0.354 e. The van der Waals surface area contributed by atoms with Crippen LogP contribution in [0.4, 0.5) is 0 Å². The summed E-state index contributed by atoms with van der Waals surface area (Å²) in [6.45, 7) is 7.82. The monoisotopic (exact) mass is 382 g/mol. The maximum atomic E-state index is 12.1. The lowest BCUT2D eigenvalue weighted by atomic mass is 10.2. The molecule has 0 saturated heterocycles. The Hall–Kier alpha value is -0.440. The normalized spacial score (nSPS) is 13.5. The molecule has 5 nitrogen and oxygen atoms in total. The van der Waals surface area contributed by atoms with Gasteiger partial charge in [-0.25, -0.2) is 8.42 Å². The van der Waals surface area contributed by atoms with E-state index in [0.29, 0.717) is 12.5 Å². The Bertz CT molecular complexity index is 562. The maximum Gasteiger partial charge on any atom is 0.250 e. The maximum absolute atomic E-state index is 12.1. The Balaban J connectivity index is 2.73. The SMILES string of the molecule is Cc1cc(S(=O)(=O)NC(C)C(=O)NCC(C)C)sc1Br. The van der Waals surface area contributed by atoms with Crippen LogP contribution in [0.1, 0.15) is 26.3 Å². The van der Waals surface area contributed by atoms with Crippen molar-refractivity contribution in [1.82, 2.24) is 10.0 Å². The van der Waals surface area contributed by atoms with Crippen LogP contribution in [0.2, 0.25) is 0 Å². The number of hydrogen-bond acceptors (Lipinski definition) is 4. The van der Waals surface area contributed by atoms with E-state index >= 15 is 0 Å². The fourth-order valence-electron chi connectivity index (χ4n) is 1.37. The number of sulfonamides is 1. The molecule has 0 spiro atoms. The molecule has 114 valence electrons. The number of nitrogens with one attached hydrogen (secondary N) is 2. The van der Waals surface area contributed by atoms with E-state index < -0.39 is 16.1 Å². The third-order valence-corrected chi connectivity index (χ3v) is 6.66. The molecule has 20 heavy (non-hydrogen) atoms. The fourth-order valence-corrected chi connectivity index (χ4v) is 4.81. The zero-order valence-corrected chi connectivity index (χ0v) is 15.1. The van der Waals surface area contributed by atoms with Gasteiger partial charge in [0.1, 0.15) is 4.21 Å². The van der Waals surface area contributed by atoms with Crippen molar-refractivity contribution >= 4 is 43.2 Å². The Kier molecular flexibility index (Phi) is 6.18. The van der Waals surface area contributed by atoms with E-state index in [0.717, 1.165) is 20.7 Å². The van der Waals surface area contributed by atoms with Gasteiger partial charge in [-0.15, -0.1) is 11.3 Å². The van der Waals surface area contributed by atoms with Gasteiger partial charge < -0.3 is 5.32 Å². The molecule has 1 aromatic heterocycles. The number of halogens is 1. The first-order valence-corrected chi connectivity index (χ1v) is 9.28. The van der Waals surface area contributed by atoms with E-state index in [1.54, 1.807) is 6.07 Å². The summed E-state index contributed by atoms with van der Waals surface area (Å²) >= 11 is 4.42. The van der Waals surface area contributed by atoms with E-state index in [-0.39, 0.29) is 10.1 Å². The molecule has 0 aliphatic carbocycles. The van der Waals surface area contributed by atoms with Crippen LogP contribution in [-0.4, -0.2) is 26.9 Å². The number of hydrogen-bond donors (Lipinski definition) is 2. The first-order valence-electron chi connectivity index (χ1n) is 6.19. The van der Waals surface area contributed by atoms with Crippen LogP contribution in [0.3, 0.4) is 0 Å². The Morgan fingerprint density at radius 2 is 2.00 bits per heavy atom. The summed E-state index contributed by atoms with van der Waals surface area (Å²) in [6, 6.07) is 0.774. The van der Waals surface area contributed by atoms with Crippen LogP contribution in [-0.2, 0) is 14.8 Å². The van der Waals surface area contributed by atoms with Gasteiger partial charge in [-0.3, -0.25) is 4.79 Å². The molecule has 0 aliphatic heterocycles. The number of carbonyl (C=O) groups excluding carboxylic acids is 1. The highest BCUT2D eigenvalue weighted by atomic mass is 79.9. The van der Waals surface area contributed by atoms with Gasteiger partial charge in [0.25, 0.3) is 10.0 Å². The van der Waals surface area contributed by atoms with Crippen molar-refractivity contribution in [3.8, 4) is 0 Å². The van der Waals surface area contributed by atoms with Crippen LogP contribution in [0.25, 0.3) is 0 Å². The summed E-state index contributed by atoms with van der Waals surface area (Å²) in [7, 11) is -3.67. The summed E-state index contributed by atoms with van der Waals surface area (Å²) in [4.78, 5) is 11.8. The molecule has 0 radical (unpaired) electrons. The largest absolute Gasteiger partial charge is 0.354 e. The van der Waals surface area contributed by atoms with E-state index in [1.807, 2.05) is 20.8 Å². The summed E-state index contributed by atoms with van der Waals surface area (Å²) in [6.07, 6.45) is 0.